The van der Waals surface area contributed by atoms with Gasteiger partial charge in [0.05, 0.1) is 16.4 Å². The Bertz CT molecular complexity index is 1040. The van der Waals surface area contributed by atoms with Gasteiger partial charge in [0.25, 0.3) is 5.89 Å². The van der Waals surface area contributed by atoms with E-state index < -0.39 is 0 Å². The molecule has 25 heavy (non-hydrogen) atoms. The second kappa shape index (κ2) is 6.14. The van der Waals surface area contributed by atoms with Crippen LogP contribution >= 0.6 is 11.6 Å². The minimum Gasteiger partial charge on any atom is -0.332 e. The van der Waals surface area contributed by atoms with Crippen LogP contribution in [-0.2, 0) is 0 Å². The molecule has 0 N–H and O–H groups in total. The number of benzene rings is 2. The van der Waals surface area contributed by atoms with Crippen molar-refractivity contribution >= 4 is 11.6 Å². The van der Waals surface area contributed by atoms with Crippen molar-refractivity contribution < 1.29 is 4.52 Å². The maximum atomic E-state index is 6.19. The number of nitrogens with zero attached hydrogens (tertiary/aromatic N) is 5. The topological polar surface area (TPSA) is 69.6 Å². The summed E-state index contributed by atoms with van der Waals surface area (Å²) in [5.74, 6) is 0.732. The second-order valence-corrected chi connectivity index (χ2v) is 6.08. The molecule has 6 nitrogen and oxygen atoms in total. The van der Waals surface area contributed by atoms with E-state index in [9.17, 15) is 0 Å². The van der Waals surface area contributed by atoms with Crippen LogP contribution in [0.2, 0.25) is 5.02 Å². The maximum absolute atomic E-state index is 6.19. The highest BCUT2D eigenvalue weighted by atomic mass is 35.5. The summed E-state index contributed by atoms with van der Waals surface area (Å²) in [6.07, 6.45) is 0. The van der Waals surface area contributed by atoms with E-state index in [0.29, 0.717) is 28.0 Å². The van der Waals surface area contributed by atoms with E-state index in [4.69, 9.17) is 16.1 Å². The zero-order valence-electron chi connectivity index (χ0n) is 13.6. The molecule has 0 amide bonds. The fourth-order valence-electron chi connectivity index (χ4n) is 2.53. The minimum atomic E-state index is 0.311. The average Bonchev–Trinajstić information content (AvgIpc) is 3.23. The number of hydrogen-bond donors (Lipinski definition) is 0. The second-order valence-electron chi connectivity index (χ2n) is 5.67. The summed E-state index contributed by atoms with van der Waals surface area (Å²) in [5, 5.41) is 13.0. The fourth-order valence-corrected chi connectivity index (χ4v) is 2.75. The van der Waals surface area contributed by atoms with Gasteiger partial charge in [-0.1, -0.05) is 51.8 Å². The molecule has 2 heterocycles. The third-order valence-corrected chi connectivity index (χ3v) is 4.25. The predicted octanol–water partition coefficient (Wildman–Crippen LogP) is 4.25. The summed E-state index contributed by atoms with van der Waals surface area (Å²) in [4.78, 5) is 4.42. The third-order valence-electron chi connectivity index (χ3n) is 3.92. The van der Waals surface area contributed by atoms with Crippen LogP contribution in [0.25, 0.3) is 28.7 Å². The average molecular weight is 352 g/mol. The van der Waals surface area contributed by atoms with Gasteiger partial charge >= 0.3 is 0 Å². The molecule has 0 atom stereocenters. The number of hydrogen-bond acceptors (Lipinski definition) is 5. The molecule has 124 valence electrons. The van der Waals surface area contributed by atoms with Gasteiger partial charge in [0.2, 0.25) is 5.82 Å². The Morgan fingerprint density at radius 1 is 1.00 bits per heavy atom. The van der Waals surface area contributed by atoms with Gasteiger partial charge in [-0.25, -0.2) is 4.68 Å². The zero-order chi connectivity index (χ0) is 17.4. The molecule has 0 spiro atoms. The van der Waals surface area contributed by atoms with E-state index in [1.54, 1.807) is 10.7 Å². The third kappa shape index (κ3) is 2.81. The lowest BCUT2D eigenvalue weighted by molar-refractivity contribution is 0.430. The molecule has 7 heteroatoms. The van der Waals surface area contributed by atoms with Crippen molar-refractivity contribution in [3.8, 4) is 28.7 Å². The highest BCUT2D eigenvalue weighted by Crippen LogP contribution is 2.28. The lowest BCUT2D eigenvalue weighted by atomic mass is 10.2. The van der Waals surface area contributed by atoms with Crippen molar-refractivity contribution in [1.82, 2.24) is 25.1 Å². The van der Waals surface area contributed by atoms with Crippen molar-refractivity contribution in [2.24, 2.45) is 0 Å². The van der Waals surface area contributed by atoms with Crippen LogP contribution in [0.4, 0.5) is 0 Å². The summed E-state index contributed by atoms with van der Waals surface area (Å²) in [6.45, 7) is 3.95. The molecule has 4 aromatic rings. The summed E-state index contributed by atoms with van der Waals surface area (Å²) >= 11 is 6.19. The van der Waals surface area contributed by atoms with Gasteiger partial charge in [-0.3, -0.25) is 0 Å². The summed E-state index contributed by atoms with van der Waals surface area (Å²) in [5.41, 5.74) is 4.18. The first-order valence-corrected chi connectivity index (χ1v) is 8.09. The van der Waals surface area contributed by atoms with Crippen molar-refractivity contribution in [2.75, 3.05) is 0 Å². The van der Waals surface area contributed by atoms with E-state index in [0.717, 1.165) is 11.4 Å². The van der Waals surface area contributed by atoms with Crippen LogP contribution < -0.4 is 0 Å². The van der Waals surface area contributed by atoms with Crippen LogP contribution in [0.15, 0.2) is 53.1 Å². The summed E-state index contributed by atoms with van der Waals surface area (Å²) < 4.78 is 7.12. The van der Waals surface area contributed by atoms with Gasteiger partial charge in [0.1, 0.15) is 0 Å². The first kappa shape index (κ1) is 15.5. The molecule has 0 saturated carbocycles. The van der Waals surface area contributed by atoms with Crippen molar-refractivity contribution in [3.63, 3.8) is 0 Å². The number of aromatic nitrogens is 5. The van der Waals surface area contributed by atoms with E-state index in [2.05, 4.69) is 20.5 Å². The van der Waals surface area contributed by atoms with E-state index >= 15 is 0 Å². The van der Waals surface area contributed by atoms with E-state index in [-0.39, 0.29) is 0 Å². The first-order chi connectivity index (χ1) is 12.1. The fraction of sp³-hybridized carbons (Fsp3) is 0.111. The molecule has 0 saturated heterocycles. The Kier molecular flexibility index (Phi) is 3.82. The smallest absolute Gasteiger partial charge is 0.280 e. The van der Waals surface area contributed by atoms with Crippen molar-refractivity contribution in [2.45, 2.75) is 13.8 Å². The maximum Gasteiger partial charge on any atom is 0.280 e. The van der Waals surface area contributed by atoms with E-state index in [1.165, 1.54) is 5.56 Å². The quantitative estimate of drug-likeness (QED) is 0.551. The first-order valence-electron chi connectivity index (χ1n) is 7.72. The largest absolute Gasteiger partial charge is 0.332 e. The number of aryl methyl sites for hydroxylation is 1. The molecule has 0 aliphatic carbocycles. The molecule has 4 rings (SSSR count). The number of rotatable bonds is 3. The normalized spacial score (nSPS) is 11.0. The zero-order valence-corrected chi connectivity index (χ0v) is 14.4. The van der Waals surface area contributed by atoms with Gasteiger partial charge in [-0.05, 0) is 38.1 Å². The van der Waals surface area contributed by atoms with Crippen LogP contribution in [-0.4, -0.2) is 25.1 Å². The van der Waals surface area contributed by atoms with Gasteiger partial charge in [-0.15, -0.1) is 5.10 Å². The molecule has 0 bridgehead atoms. The van der Waals surface area contributed by atoms with Crippen LogP contribution in [0, 0.1) is 13.8 Å². The molecule has 2 aromatic heterocycles. The number of halogens is 1. The van der Waals surface area contributed by atoms with Crippen molar-refractivity contribution in [3.05, 3.63) is 64.8 Å². The van der Waals surface area contributed by atoms with Gasteiger partial charge in [0, 0.05) is 5.56 Å². The summed E-state index contributed by atoms with van der Waals surface area (Å²) in [6, 6.07) is 15.4. The van der Waals surface area contributed by atoms with Crippen LogP contribution in [0.3, 0.4) is 0 Å². The monoisotopic (exact) mass is 351 g/mol. The SMILES string of the molecule is Cc1ccc(-n2nnc(-c3nc(-c4ccccc4Cl)no3)c2C)cc1. The van der Waals surface area contributed by atoms with E-state index in [1.807, 2.05) is 56.3 Å². The van der Waals surface area contributed by atoms with Gasteiger partial charge < -0.3 is 4.52 Å². The van der Waals surface area contributed by atoms with Gasteiger partial charge in [-0.2, -0.15) is 4.98 Å². The minimum absolute atomic E-state index is 0.311. The molecule has 2 aromatic carbocycles. The Labute approximate surface area is 149 Å². The van der Waals surface area contributed by atoms with Crippen LogP contribution in [0.5, 0.6) is 0 Å². The molecular formula is C18H14ClN5O. The molecule has 0 fully saturated rings. The Morgan fingerprint density at radius 3 is 2.52 bits per heavy atom. The predicted molar refractivity (Wildman–Crippen MR) is 94.6 cm³/mol. The highest BCUT2D eigenvalue weighted by molar-refractivity contribution is 6.33. The summed E-state index contributed by atoms with van der Waals surface area (Å²) in [7, 11) is 0. The Hall–Kier alpha value is -2.99. The molecule has 0 aliphatic rings. The van der Waals surface area contributed by atoms with Crippen molar-refractivity contribution in [1.29, 1.82) is 0 Å². The van der Waals surface area contributed by atoms with Crippen LogP contribution in [0.1, 0.15) is 11.3 Å². The lowest BCUT2D eigenvalue weighted by Crippen LogP contribution is -1.98. The molecule has 0 unspecified atom stereocenters. The molecular weight excluding hydrogens is 338 g/mol. The van der Waals surface area contributed by atoms with Gasteiger partial charge in [0.15, 0.2) is 5.69 Å². The molecule has 0 radical (unpaired) electrons. The standard InChI is InChI=1S/C18H14ClN5O/c1-11-7-9-13(10-8-11)24-12(2)16(21-23-24)18-20-17(22-25-18)14-5-3-4-6-15(14)19/h3-10H,1-2H3. The molecule has 0 aliphatic heterocycles. The lowest BCUT2D eigenvalue weighted by Gasteiger charge is -2.03. The Morgan fingerprint density at radius 2 is 1.76 bits per heavy atom. The Balaban J connectivity index is 1.72. The highest BCUT2D eigenvalue weighted by Gasteiger charge is 2.19.